The summed E-state index contributed by atoms with van der Waals surface area (Å²) in [4.78, 5) is 0. The Balaban J connectivity index is 0. The van der Waals surface area contributed by atoms with E-state index in [2.05, 4.69) is 0 Å². The van der Waals surface area contributed by atoms with Crippen molar-refractivity contribution in [2.75, 3.05) is 0 Å². The molecule has 0 bridgehead atoms. The van der Waals surface area contributed by atoms with E-state index < -0.39 is 0 Å². The van der Waals surface area contributed by atoms with Crippen LogP contribution in [-0.4, -0.2) is 11.0 Å². The van der Waals surface area contributed by atoms with E-state index in [1.165, 1.54) is 0 Å². The van der Waals surface area contributed by atoms with E-state index in [9.17, 15) is 0 Å². The molecule has 0 heterocycles. The Labute approximate surface area is 52.0 Å². The van der Waals surface area contributed by atoms with Gasteiger partial charge in [0.25, 0.3) is 0 Å². The molecule has 5 heteroatoms. The molecule has 3 nitrogen and oxygen atoms in total. The molecule has 38 valence electrons. The van der Waals surface area contributed by atoms with Gasteiger partial charge in [-0.3, -0.25) is 0 Å². The first-order valence-corrected chi connectivity index (χ1v) is 0. The molecule has 0 aromatic rings. The van der Waals surface area contributed by atoms with Gasteiger partial charge in [-0.15, -0.1) is 0 Å². The Bertz CT molecular complexity index is 9.61. The SMILES string of the molecule is N.O.O.S.[Mo]. The Morgan fingerprint density at radius 2 is 0.800 bits per heavy atom. The molecule has 0 aliphatic carbocycles. The molecule has 7 N–H and O–H groups in total. The van der Waals surface area contributed by atoms with Crippen molar-refractivity contribution in [1.82, 2.24) is 6.15 Å². The molecule has 0 spiro atoms. The molecule has 0 saturated carbocycles. The second-order valence-electron chi connectivity index (χ2n) is 0. The summed E-state index contributed by atoms with van der Waals surface area (Å²) >= 11 is 0. The van der Waals surface area contributed by atoms with Crippen LogP contribution in [0.4, 0.5) is 0 Å². The van der Waals surface area contributed by atoms with Gasteiger partial charge in [-0.25, -0.2) is 0 Å². The molecule has 0 saturated heterocycles. The average molecular weight is 183 g/mol. The van der Waals surface area contributed by atoms with Crippen molar-refractivity contribution in [1.29, 1.82) is 0 Å². The first-order chi connectivity index (χ1) is 0. The van der Waals surface area contributed by atoms with Crippen LogP contribution in [0.1, 0.15) is 0 Å². The van der Waals surface area contributed by atoms with Gasteiger partial charge in [0.05, 0.1) is 0 Å². The van der Waals surface area contributed by atoms with Crippen LogP contribution in [0.25, 0.3) is 0 Å². The van der Waals surface area contributed by atoms with Gasteiger partial charge >= 0.3 is 0 Å². The van der Waals surface area contributed by atoms with Gasteiger partial charge in [-0.05, 0) is 0 Å². The fourth-order valence-corrected chi connectivity index (χ4v) is 0. The van der Waals surface area contributed by atoms with Gasteiger partial charge < -0.3 is 17.1 Å². The van der Waals surface area contributed by atoms with Crippen molar-refractivity contribution in [3.8, 4) is 0 Å². The largest absolute Gasteiger partial charge is 0.412 e. The van der Waals surface area contributed by atoms with Crippen LogP contribution in [0, 0.1) is 0 Å². The van der Waals surface area contributed by atoms with Crippen LogP contribution < -0.4 is 6.15 Å². The number of rotatable bonds is 0. The minimum atomic E-state index is 0. The molecular weight excluding hydrogens is 174 g/mol. The third-order valence-electron chi connectivity index (χ3n) is 0. The minimum absolute atomic E-state index is 0. The summed E-state index contributed by atoms with van der Waals surface area (Å²) in [5, 5.41) is 0. The van der Waals surface area contributed by atoms with Crippen molar-refractivity contribution in [2.45, 2.75) is 0 Å². The Morgan fingerprint density at radius 3 is 0.800 bits per heavy atom. The van der Waals surface area contributed by atoms with Gasteiger partial charge in [0, 0.05) is 21.1 Å². The van der Waals surface area contributed by atoms with Gasteiger partial charge in [0.2, 0.25) is 0 Å². The Kier molecular flexibility index (Phi) is 3040. The molecule has 0 aromatic carbocycles. The number of hydrogen-bond acceptors (Lipinski definition) is 1. The average Bonchev–Trinajstić information content (AvgIpc) is 0. The molecule has 0 aliphatic rings. The summed E-state index contributed by atoms with van der Waals surface area (Å²) in [5.41, 5.74) is 0. The van der Waals surface area contributed by atoms with Crippen LogP contribution in [-0.2, 0) is 21.1 Å². The topological polar surface area (TPSA) is 98.0 Å². The third-order valence-corrected chi connectivity index (χ3v) is 0. The van der Waals surface area contributed by atoms with Crippen molar-refractivity contribution >= 4 is 13.5 Å². The van der Waals surface area contributed by atoms with E-state index >= 15 is 0 Å². The van der Waals surface area contributed by atoms with Crippen molar-refractivity contribution in [3.05, 3.63) is 0 Å². The second kappa shape index (κ2) is 89.5. The monoisotopic (exact) mass is 185 g/mol. The summed E-state index contributed by atoms with van der Waals surface area (Å²) in [5.74, 6) is 0. The molecule has 0 aliphatic heterocycles. The first kappa shape index (κ1) is 170. The zero-order valence-electron chi connectivity index (χ0n) is 2.62. The fourth-order valence-electron chi connectivity index (χ4n) is 0. The predicted molar refractivity (Wildman–Crippen MR) is 22.6 cm³/mol. The van der Waals surface area contributed by atoms with E-state index in [1.807, 2.05) is 0 Å². The molecule has 0 radical (unpaired) electrons. The maximum absolute atomic E-state index is 0. The Hall–Kier alpha value is 0.918. The standard InChI is InChI=1S/Mo.H3N.2H2O.H2S/h;1H3;3*1H2. The molecule has 5 heavy (non-hydrogen) atoms. The van der Waals surface area contributed by atoms with Crippen LogP contribution in [0.5, 0.6) is 0 Å². The molecule has 0 atom stereocenters. The quantitative estimate of drug-likeness (QED) is 0.460. The third kappa shape index (κ3) is 49.7. The molecule has 0 fully saturated rings. The van der Waals surface area contributed by atoms with Crippen molar-refractivity contribution in [3.63, 3.8) is 0 Å². The minimum Gasteiger partial charge on any atom is -0.412 e. The zero-order chi connectivity index (χ0) is 0. The van der Waals surface area contributed by atoms with Crippen molar-refractivity contribution < 1.29 is 32.0 Å². The van der Waals surface area contributed by atoms with Crippen LogP contribution in [0.3, 0.4) is 0 Å². The summed E-state index contributed by atoms with van der Waals surface area (Å²) in [7, 11) is 0. The van der Waals surface area contributed by atoms with Gasteiger partial charge in [0.1, 0.15) is 0 Å². The zero-order valence-corrected chi connectivity index (χ0v) is 5.62. The molecular formula is H9MoNO2S. The fraction of sp³-hybridized carbons (Fsp3) is 0. The second-order valence-corrected chi connectivity index (χ2v) is 0. The first-order valence-electron chi connectivity index (χ1n) is 0. The van der Waals surface area contributed by atoms with Crippen LogP contribution in [0.15, 0.2) is 0 Å². The van der Waals surface area contributed by atoms with Crippen LogP contribution >= 0.6 is 13.5 Å². The van der Waals surface area contributed by atoms with Gasteiger partial charge in [-0.1, -0.05) is 0 Å². The summed E-state index contributed by atoms with van der Waals surface area (Å²) in [6.07, 6.45) is 0. The van der Waals surface area contributed by atoms with Gasteiger partial charge in [0.15, 0.2) is 0 Å². The molecule has 0 amide bonds. The van der Waals surface area contributed by atoms with E-state index in [0.717, 1.165) is 0 Å². The molecule has 0 rings (SSSR count). The normalized spacial score (nSPS) is 0. The van der Waals surface area contributed by atoms with E-state index in [-0.39, 0.29) is 51.7 Å². The van der Waals surface area contributed by atoms with Crippen LogP contribution in [0.2, 0.25) is 0 Å². The Morgan fingerprint density at radius 1 is 0.800 bits per heavy atom. The summed E-state index contributed by atoms with van der Waals surface area (Å²) in [6.45, 7) is 0. The van der Waals surface area contributed by atoms with Crippen molar-refractivity contribution in [2.24, 2.45) is 0 Å². The molecule has 0 aromatic heterocycles. The summed E-state index contributed by atoms with van der Waals surface area (Å²) in [6, 6.07) is 0. The summed E-state index contributed by atoms with van der Waals surface area (Å²) < 4.78 is 0. The smallest absolute Gasteiger partial charge is 0 e. The molecule has 0 unspecified atom stereocenters. The number of hydrogen-bond donors (Lipinski definition) is 1. The maximum Gasteiger partial charge on any atom is 0 e. The predicted octanol–water partition coefficient (Wildman–Crippen LogP) is -1.38. The maximum atomic E-state index is 0. The van der Waals surface area contributed by atoms with Gasteiger partial charge in [-0.2, -0.15) is 13.5 Å². The van der Waals surface area contributed by atoms with E-state index in [1.54, 1.807) is 0 Å². The van der Waals surface area contributed by atoms with E-state index in [4.69, 9.17) is 0 Å². The van der Waals surface area contributed by atoms with E-state index in [0.29, 0.717) is 0 Å².